The molecule has 0 aliphatic carbocycles. The Bertz CT molecular complexity index is 1210. The van der Waals surface area contributed by atoms with Crippen LogP contribution in [0.1, 0.15) is 168 Å². The Labute approximate surface area is 349 Å². The predicted octanol–water partition coefficient (Wildman–Crippen LogP) is 12.8. The van der Waals surface area contributed by atoms with Crippen LogP contribution in [0.4, 0.5) is 0 Å². The van der Waals surface area contributed by atoms with Crippen molar-refractivity contribution in [2.75, 3.05) is 19.8 Å². The molecule has 0 bridgehead atoms. The molecule has 3 unspecified atom stereocenters. The van der Waals surface area contributed by atoms with E-state index in [1.165, 1.54) is 77.0 Å². The number of phosphoric ester groups is 1. The first-order chi connectivity index (χ1) is 27.9. The van der Waals surface area contributed by atoms with Crippen LogP contribution in [0.25, 0.3) is 0 Å². The Kier molecular flexibility index (Phi) is 41.1. The Morgan fingerprint density at radius 2 is 1.04 bits per heavy atom. The molecule has 0 fully saturated rings. The summed E-state index contributed by atoms with van der Waals surface area (Å²) in [5, 5.41) is 13.6. The molecule has 3 atom stereocenters. The van der Waals surface area contributed by atoms with Crippen molar-refractivity contribution in [3.05, 3.63) is 97.2 Å². The molecule has 0 aromatic rings. The lowest BCUT2D eigenvalue weighted by atomic mass is 10.1. The van der Waals surface area contributed by atoms with E-state index in [2.05, 4.69) is 104 Å². The van der Waals surface area contributed by atoms with Gasteiger partial charge >= 0.3 is 7.82 Å². The summed E-state index contributed by atoms with van der Waals surface area (Å²) in [6, 6.07) is -0.920. The van der Waals surface area contributed by atoms with E-state index >= 15 is 0 Å². The van der Waals surface area contributed by atoms with Crippen molar-refractivity contribution in [1.29, 1.82) is 0 Å². The second kappa shape index (κ2) is 43.0. The Morgan fingerprint density at radius 1 is 0.596 bits per heavy atom. The van der Waals surface area contributed by atoms with E-state index < -0.39 is 26.6 Å². The summed E-state index contributed by atoms with van der Waals surface area (Å²) in [5.74, 6) is -0.269. The van der Waals surface area contributed by atoms with Crippen molar-refractivity contribution in [3.63, 3.8) is 0 Å². The lowest BCUT2D eigenvalue weighted by Crippen LogP contribution is -2.45. The average Bonchev–Trinajstić information content (AvgIpc) is 3.20. The second-order valence-corrected chi connectivity index (χ2v) is 16.0. The molecular weight excluding hydrogens is 732 g/mol. The lowest BCUT2D eigenvalue weighted by molar-refractivity contribution is -0.122. The number of hydrogen-bond donors (Lipinski definition) is 4. The van der Waals surface area contributed by atoms with Crippen LogP contribution in [0, 0.1) is 0 Å². The van der Waals surface area contributed by atoms with Gasteiger partial charge in [-0.1, -0.05) is 175 Å². The zero-order valence-electron chi connectivity index (χ0n) is 36.0. The summed E-state index contributed by atoms with van der Waals surface area (Å²) in [6.45, 7) is 3.93. The van der Waals surface area contributed by atoms with Crippen molar-refractivity contribution in [2.45, 2.75) is 180 Å². The summed E-state index contributed by atoms with van der Waals surface area (Å²) in [4.78, 5) is 22.7. The van der Waals surface area contributed by atoms with Gasteiger partial charge in [-0.25, -0.2) is 4.57 Å². The van der Waals surface area contributed by atoms with E-state index in [1.54, 1.807) is 6.08 Å². The molecule has 326 valence electrons. The van der Waals surface area contributed by atoms with Crippen LogP contribution in [-0.4, -0.2) is 47.8 Å². The Morgan fingerprint density at radius 3 is 1.56 bits per heavy atom. The largest absolute Gasteiger partial charge is 0.472 e. The number of carbonyl (C=O) groups is 1. The number of amides is 1. The predicted molar refractivity (Wildman–Crippen MR) is 244 cm³/mol. The summed E-state index contributed by atoms with van der Waals surface area (Å²) >= 11 is 0. The highest BCUT2D eigenvalue weighted by Gasteiger charge is 2.26. The van der Waals surface area contributed by atoms with Crippen LogP contribution in [0.15, 0.2) is 97.2 Å². The topological polar surface area (TPSA) is 131 Å². The van der Waals surface area contributed by atoms with Crippen LogP contribution in [0.5, 0.6) is 0 Å². The van der Waals surface area contributed by atoms with Crippen LogP contribution in [-0.2, 0) is 18.4 Å². The van der Waals surface area contributed by atoms with Gasteiger partial charge in [0.15, 0.2) is 0 Å². The highest BCUT2D eigenvalue weighted by molar-refractivity contribution is 7.47. The Hall–Kier alpha value is -2.58. The molecular formula is C48H83N2O6P. The van der Waals surface area contributed by atoms with Gasteiger partial charge < -0.3 is 21.1 Å². The molecule has 57 heavy (non-hydrogen) atoms. The molecule has 1 amide bonds. The summed E-state index contributed by atoms with van der Waals surface area (Å²) in [7, 11) is -4.37. The summed E-state index contributed by atoms with van der Waals surface area (Å²) < 4.78 is 22.1. The molecule has 0 aliphatic rings. The fourth-order valence-corrected chi connectivity index (χ4v) is 6.55. The van der Waals surface area contributed by atoms with Gasteiger partial charge in [0.1, 0.15) is 0 Å². The number of aliphatic hydroxyl groups excluding tert-OH is 1. The molecule has 0 saturated carbocycles. The molecule has 9 heteroatoms. The lowest BCUT2D eigenvalue weighted by Gasteiger charge is -2.23. The van der Waals surface area contributed by atoms with E-state index in [4.69, 9.17) is 14.8 Å². The normalized spacial score (nSPS) is 15.0. The smallest absolute Gasteiger partial charge is 0.387 e. The minimum Gasteiger partial charge on any atom is -0.387 e. The first kappa shape index (κ1) is 54.4. The summed E-state index contributed by atoms with van der Waals surface area (Å²) in [5.41, 5.74) is 5.37. The number of nitrogens with two attached hydrogens (primary N) is 1. The number of unbranched alkanes of at least 4 members (excludes halogenated alkanes) is 14. The molecule has 0 heterocycles. The molecule has 5 N–H and O–H groups in total. The van der Waals surface area contributed by atoms with Crippen LogP contribution in [0.2, 0.25) is 0 Å². The van der Waals surface area contributed by atoms with E-state index in [1.807, 2.05) is 6.08 Å². The van der Waals surface area contributed by atoms with E-state index in [0.29, 0.717) is 6.42 Å². The molecule has 0 spiro atoms. The quantitative estimate of drug-likeness (QED) is 0.0275. The molecule has 0 aromatic heterocycles. The minimum atomic E-state index is -4.37. The molecule has 0 aliphatic heterocycles. The molecule has 0 rings (SSSR count). The molecule has 0 saturated heterocycles. The number of hydrogen-bond acceptors (Lipinski definition) is 6. The maximum Gasteiger partial charge on any atom is 0.472 e. The van der Waals surface area contributed by atoms with E-state index in [0.717, 1.165) is 64.2 Å². The Balaban J connectivity index is 4.39. The molecule has 0 radical (unpaired) electrons. The zero-order chi connectivity index (χ0) is 41.8. The van der Waals surface area contributed by atoms with Gasteiger partial charge in [0.25, 0.3) is 0 Å². The fraction of sp³-hybridized carbons (Fsp3) is 0.646. The third kappa shape index (κ3) is 41.4. The van der Waals surface area contributed by atoms with Crippen molar-refractivity contribution in [3.8, 4) is 0 Å². The monoisotopic (exact) mass is 815 g/mol. The van der Waals surface area contributed by atoms with Crippen molar-refractivity contribution >= 4 is 13.7 Å². The number of rotatable bonds is 40. The number of nitrogens with one attached hydrogen (secondary N) is 1. The highest BCUT2D eigenvalue weighted by Crippen LogP contribution is 2.43. The van der Waals surface area contributed by atoms with Crippen LogP contribution in [0.3, 0.4) is 0 Å². The third-order valence-corrected chi connectivity index (χ3v) is 10.1. The number of carbonyl (C=O) groups excluding carboxylic acids is 1. The van der Waals surface area contributed by atoms with Crippen LogP contribution < -0.4 is 11.1 Å². The second-order valence-electron chi connectivity index (χ2n) is 14.5. The number of aliphatic hydroxyl groups is 1. The van der Waals surface area contributed by atoms with Crippen LogP contribution >= 0.6 is 7.82 Å². The molecule has 8 nitrogen and oxygen atoms in total. The van der Waals surface area contributed by atoms with Gasteiger partial charge in [-0.15, -0.1) is 0 Å². The maximum absolute atomic E-state index is 12.7. The van der Waals surface area contributed by atoms with Crippen molar-refractivity contribution in [2.24, 2.45) is 5.73 Å². The maximum atomic E-state index is 12.7. The van der Waals surface area contributed by atoms with E-state index in [-0.39, 0.29) is 25.5 Å². The summed E-state index contributed by atoms with van der Waals surface area (Å²) in [6.07, 6.45) is 59.0. The third-order valence-electron chi connectivity index (χ3n) is 9.12. The SMILES string of the molecule is CC/C=C\C/C=C\C/C=C\C/C=C\C/C=C\CCCC(=O)NC(COP(=O)(O)OCCN)C(O)/C=C/CC/C=C/CC/C=C/CCCCCCCCCCCCC. The number of allylic oxidation sites excluding steroid dienone is 15. The van der Waals surface area contributed by atoms with Gasteiger partial charge in [-0.2, -0.15) is 0 Å². The first-order valence-electron chi connectivity index (χ1n) is 22.4. The standard InChI is InChI=1S/C48H83N2O6P/c1-3-5-7-9-11-13-15-17-19-21-22-23-24-26-27-29-31-33-35-37-39-41-47(51)46(45-56-57(53,54)55-44-43-49)50-48(52)42-40-38-36-34-32-30-28-25-20-18-16-14-12-10-8-6-4-2/h6,8,12,14,18,20,24,26,28,30-31,33-34,36,39,41,46-47,51H,3-5,7,9-11,13,15-17,19,21-23,25,27,29,32,35,37-38,40,42-45,49H2,1-2H3,(H,50,52)(H,53,54)/b8-6-,14-12-,20-18-,26-24+,30-28-,33-31+,36-34-,41-39+. The van der Waals surface area contributed by atoms with Crippen molar-refractivity contribution < 1.29 is 28.4 Å². The minimum absolute atomic E-state index is 0.0575. The van der Waals surface area contributed by atoms with Gasteiger partial charge in [-0.05, 0) is 83.5 Å². The average molecular weight is 815 g/mol. The van der Waals surface area contributed by atoms with Gasteiger partial charge in [0, 0.05) is 13.0 Å². The van der Waals surface area contributed by atoms with E-state index in [9.17, 15) is 19.4 Å². The fourth-order valence-electron chi connectivity index (χ4n) is 5.79. The van der Waals surface area contributed by atoms with Gasteiger partial charge in [0.05, 0.1) is 25.4 Å². The zero-order valence-corrected chi connectivity index (χ0v) is 36.9. The number of phosphoric acid groups is 1. The first-order valence-corrected chi connectivity index (χ1v) is 23.9. The highest BCUT2D eigenvalue weighted by atomic mass is 31.2. The van der Waals surface area contributed by atoms with Crippen molar-refractivity contribution in [1.82, 2.24) is 5.32 Å². The molecule has 0 aromatic carbocycles. The van der Waals surface area contributed by atoms with Gasteiger partial charge in [0.2, 0.25) is 5.91 Å². The van der Waals surface area contributed by atoms with Gasteiger partial charge in [-0.3, -0.25) is 13.8 Å².